The van der Waals surface area contributed by atoms with E-state index in [9.17, 15) is 10.1 Å². The maximum Gasteiger partial charge on any atom is 0.248 e. The van der Waals surface area contributed by atoms with Gasteiger partial charge in [0, 0.05) is 37.0 Å². The number of benzene rings is 2. The Kier molecular flexibility index (Phi) is 7.07. The summed E-state index contributed by atoms with van der Waals surface area (Å²) in [5.74, 6) is 0.851. The number of aliphatic hydroxyl groups excluding tert-OH is 1. The number of amides is 1. The minimum Gasteiger partial charge on any atom is -0.485 e. The van der Waals surface area contributed by atoms with Crippen molar-refractivity contribution < 1.29 is 19.4 Å². The molecule has 36 heavy (non-hydrogen) atoms. The van der Waals surface area contributed by atoms with Crippen molar-refractivity contribution in [3.63, 3.8) is 0 Å². The molecule has 0 spiro atoms. The molecule has 3 aromatic rings. The second-order valence-electron chi connectivity index (χ2n) is 8.82. The van der Waals surface area contributed by atoms with Gasteiger partial charge in [0.05, 0.1) is 37.6 Å². The number of morpholine rings is 1. The molecule has 0 saturated carbocycles. The van der Waals surface area contributed by atoms with E-state index in [0.717, 1.165) is 43.1 Å². The van der Waals surface area contributed by atoms with Gasteiger partial charge in [0.15, 0.2) is 0 Å². The van der Waals surface area contributed by atoms with E-state index in [1.165, 1.54) is 10.6 Å². The van der Waals surface area contributed by atoms with Crippen molar-refractivity contribution in [2.24, 2.45) is 0 Å². The van der Waals surface area contributed by atoms with E-state index >= 15 is 0 Å². The van der Waals surface area contributed by atoms with Crippen LogP contribution in [0, 0.1) is 11.3 Å². The molecule has 3 heterocycles. The minimum absolute atomic E-state index is 0.196. The third kappa shape index (κ3) is 5.30. The van der Waals surface area contributed by atoms with E-state index in [-0.39, 0.29) is 12.0 Å². The summed E-state index contributed by atoms with van der Waals surface area (Å²) in [6, 6.07) is 17.9. The first-order chi connectivity index (χ1) is 17.6. The topological polar surface area (TPSA) is 112 Å². The highest BCUT2D eigenvalue weighted by molar-refractivity contribution is 5.78. The number of likely N-dealkylation sites (tertiary alicyclic amines) is 1. The van der Waals surface area contributed by atoms with Crippen LogP contribution in [0.2, 0.25) is 0 Å². The van der Waals surface area contributed by atoms with Crippen LogP contribution in [0.3, 0.4) is 0 Å². The van der Waals surface area contributed by atoms with Gasteiger partial charge in [0.25, 0.3) is 0 Å². The lowest BCUT2D eigenvalue weighted by atomic mass is 10.1. The fraction of sp³-hybridized carbons (Fsp3) is 0.333. The van der Waals surface area contributed by atoms with E-state index in [1.54, 1.807) is 18.3 Å². The normalized spacial score (nSPS) is 15.8. The number of carbonyl (C=O) groups is 1. The molecule has 2 aliphatic heterocycles. The smallest absolute Gasteiger partial charge is 0.248 e. The number of nitriles is 1. The summed E-state index contributed by atoms with van der Waals surface area (Å²) in [6.07, 6.45) is 2.14. The summed E-state index contributed by atoms with van der Waals surface area (Å²) >= 11 is 0. The number of anilines is 1. The molecule has 9 heteroatoms. The summed E-state index contributed by atoms with van der Waals surface area (Å²) in [4.78, 5) is 24.5. The van der Waals surface area contributed by atoms with E-state index in [2.05, 4.69) is 40.2 Å². The highest BCUT2D eigenvalue weighted by Gasteiger charge is 2.32. The third-order valence-corrected chi connectivity index (χ3v) is 6.41. The molecular formula is C27H27N5O4. The highest BCUT2D eigenvalue weighted by atomic mass is 16.5. The van der Waals surface area contributed by atoms with Crippen LogP contribution in [0.4, 0.5) is 5.69 Å². The Balaban J connectivity index is 1.25. The van der Waals surface area contributed by atoms with Gasteiger partial charge in [-0.2, -0.15) is 5.26 Å². The molecule has 184 valence electrons. The van der Waals surface area contributed by atoms with Crippen LogP contribution in [0.15, 0.2) is 54.7 Å². The van der Waals surface area contributed by atoms with Gasteiger partial charge >= 0.3 is 0 Å². The van der Waals surface area contributed by atoms with E-state index in [0.29, 0.717) is 36.6 Å². The van der Waals surface area contributed by atoms with E-state index in [1.807, 2.05) is 12.1 Å². The van der Waals surface area contributed by atoms with Gasteiger partial charge in [0.2, 0.25) is 5.91 Å². The molecule has 2 aliphatic rings. The van der Waals surface area contributed by atoms with E-state index in [4.69, 9.17) is 19.6 Å². The molecule has 0 aliphatic carbocycles. The van der Waals surface area contributed by atoms with Gasteiger partial charge in [-0.3, -0.25) is 4.79 Å². The molecule has 9 nitrogen and oxygen atoms in total. The van der Waals surface area contributed by atoms with Gasteiger partial charge in [-0.05, 0) is 42.0 Å². The first-order valence-electron chi connectivity index (χ1n) is 12.0. The number of aliphatic hydroxyl groups is 1. The fourth-order valence-corrected chi connectivity index (χ4v) is 4.35. The first kappa shape index (κ1) is 23.7. The van der Waals surface area contributed by atoms with Gasteiger partial charge in [-0.25, -0.2) is 9.97 Å². The molecule has 2 saturated heterocycles. The molecule has 0 atom stereocenters. The minimum atomic E-state index is -0.508. The first-order valence-corrected chi connectivity index (χ1v) is 12.0. The van der Waals surface area contributed by atoms with Crippen molar-refractivity contribution in [3.05, 3.63) is 71.7 Å². The molecule has 0 unspecified atom stereocenters. The quantitative estimate of drug-likeness (QED) is 0.541. The van der Waals surface area contributed by atoms with Crippen molar-refractivity contribution in [2.75, 3.05) is 50.9 Å². The lowest BCUT2D eigenvalue weighted by Gasteiger charge is -2.38. The molecular weight excluding hydrogens is 458 g/mol. The molecule has 2 fully saturated rings. The standard InChI is InChI=1S/C27H27N5O4/c28-15-21-14-20(3-6-25(21)36-23-16-32(17-23)27(34)18-33)24-7-8-29-26(30-24)13-19-1-4-22(5-2-19)31-9-11-35-12-10-31/h1-8,14,23,33H,9-13,16-18H2. The van der Waals surface area contributed by atoms with Crippen molar-refractivity contribution in [1.29, 1.82) is 5.26 Å². The van der Waals surface area contributed by atoms with Crippen molar-refractivity contribution in [2.45, 2.75) is 12.5 Å². The highest BCUT2D eigenvalue weighted by Crippen LogP contribution is 2.28. The average molecular weight is 486 g/mol. The zero-order chi connectivity index (χ0) is 24.9. The van der Waals surface area contributed by atoms with Gasteiger partial charge in [-0.15, -0.1) is 0 Å². The summed E-state index contributed by atoms with van der Waals surface area (Å²) in [7, 11) is 0. The monoisotopic (exact) mass is 485 g/mol. The van der Waals surface area contributed by atoms with Crippen LogP contribution < -0.4 is 9.64 Å². The van der Waals surface area contributed by atoms with Crippen LogP contribution in [0.1, 0.15) is 17.0 Å². The van der Waals surface area contributed by atoms with Crippen molar-refractivity contribution in [3.8, 4) is 23.1 Å². The predicted octanol–water partition coefficient (Wildman–Crippen LogP) is 2.02. The molecule has 1 aromatic heterocycles. The third-order valence-electron chi connectivity index (χ3n) is 6.41. The molecule has 0 radical (unpaired) electrons. The predicted molar refractivity (Wildman–Crippen MR) is 133 cm³/mol. The van der Waals surface area contributed by atoms with Gasteiger partial charge < -0.3 is 24.4 Å². The number of hydrogen-bond acceptors (Lipinski definition) is 8. The summed E-state index contributed by atoms with van der Waals surface area (Å²) in [6.45, 7) is 3.61. The SMILES string of the molecule is N#Cc1cc(-c2ccnc(Cc3ccc(N4CCOCC4)cc3)n2)ccc1OC1CN(C(=O)CO)C1. The molecule has 0 bridgehead atoms. The molecule has 1 N–H and O–H groups in total. The Labute approximate surface area is 209 Å². The Morgan fingerprint density at radius 2 is 1.92 bits per heavy atom. The summed E-state index contributed by atoms with van der Waals surface area (Å²) in [5.41, 5.74) is 4.25. The Morgan fingerprint density at radius 3 is 2.64 bits per heavy atom. The zero-order valence-corrected chi connectivity index (χ0v) is 19.8. The van der Waals surface area contributed by atoms with Crippen molar-refractivity contribution in [1.82, 2.24) is 14.9 Å². The molecule has 5 rings (SSSR count). The maximum absolute atomic E-state index is 11.5. The summed E-state index contributed by atoms with van der Waals surface area (Å²) in [5, 5.41) is 18.6. The number of aromatic nitrogens is 2. The van der Waals surface area contributed by atoms with Crippen LogP contribution in [0.5, 0.6) is 5.75 Å². The van der Waals surface area contributed by atoms with Crippen LogP contribution in [0.25, 0.3) is 11.3 Å². The summed E-state index contributed by atoms with van der Waals surface area (Å²) < 4.78 is 11.3. The van der Waals surface area contributed by atoms with Crippen LogP contribution in [-0.4, -0.2) is 78.0 Å². The number of rotatable bonds is 7. The van der Waals surface area contributed by atoms with E-state index < -0.39 is 6.61 Å². The van der Waals surface area contributed by atoms with Gasteiger partial charge in [0.1, 0.15) is 30.4 Å². The zero-order valence-electron chi connectivity index (χ0n) is 19.8. The number of nitrogens with zero attached hydrogens (tertiary/aromatic N) is 5. The second kappa shape index (κ2) is 10.7. The largest absolute Gasteiger partial charge is 0.485 e. The number of carbonyl (C=O) groups excluding carboxylic acids is 1. The Hall–Kier alpha value is -4.00. The maximum atomic E-state index is 11.5. The van der Waals surface area contributed by atoms with Gasteiger partial charge in [-0.1, -0.05) is 12.1 Å². The fourth-order valence-electron chi connectivity index (χ4n) is 4.35. The lowest BCUT2D eigenvalue weighted by molar-refractivity contribution is -0.142. The average Bonchev–Trinajstić information content (AvgIpc) is 2.91. The van der Waals surface area contributed by atoms with Crippen LogP contribution >= 0.6 is 0 Å². The van der Waals surface area contributed by atoms with Crippen molar-refractivity contribution >= 4 is 11.6 Å². The lowest BCUT2D eigenvalue weighted by Crippen LogP contribution is -2.56. The number of hydrogen-bond donors (Lipinski definition) is 1. The molecule has 2 aromatic carbocycles. The number of ether oxygens (including phenoxy) is 2. The Morgan fingerprint density at radius 1 is 1.14 bits per heavy atom. The Bertz CT molecular complexity index is 1260. The molecule has 1 amide bonds. The second-order valence-corrected chi connectivity index (χ2v) is 8.82. The van der Waals surface area contributed by atoms with Crippen LogP contribution in [-0.2, 0) is 16.0 Å².